The molecule has 0 saturated heterocycles. The maximum Gasteiger partial charge on any atom is 0.0726 e. The monoisotopic (exact) mass is 659 g/mol. The molecule has 9 aromatic rings. The molecule has 0 saturated carbocycles. The summed E-state index contributed by atoms with van der Waals surface area (Å²) in [6, 6.07) is 74.1. The van der Waals surface area contributed by atoms with Gasteiger partial charge in [-0.1, -0.05) is 176 Å². The first-order valence-electron chi connectivity index (χ1n) is 18.1. The summed E-state index contributed by atoms with van der Waals surface area (Å²) < 4.78 is 0. The van der Waals surface area contributed by atoms with E-state index in [-0.39, 0.29) is 0 Å². The predicted molar refractivity (Wildman–Crippen MR) is 218 cm³/mol. The van der Waals surface area contributed by atoms with E-state index in [1.165, 1.54) is 77.2 Å². The fourth-order valence-corrected chi connectivity index (χ4v) is 9.38. The van der Waals surface area contributed by atoms with Crippen molar-refractivity contribution in [2.45, 2.75) is 5.41 Å². The molecule has 0 heterocycles. The van der Waals surface area contributed by atoms with Crippen molar-refractivity contribution in [1.82, 2.24) is 0 Å². The van der Waals surface area contributed by atoms with Crippen LogP contribution in [0.4, 0.5) is 17.1 Å². The molecule has 1 atom stereocenters. The molecule has 2 aliphatic rings. The molecule has 0 fully saturated rings. The average Bonchev–Trinajstić information content (AvgIpc) is 3.53. The maximum absolute atomic E-state index is 2.50. The first-order valence-corrected chi connectivity index (χ1v) is 18.1. The Kier molecular flexibility index (Phi) is 6.23. The van der Waals surface area contributed by atoms with Crippen molar-refractivity contribution in [2.24, 2.45) is 0 Å². The molecule has 0 bridgehead atoms. The van der Waals surface area contributed by atoms with Crippen LogP contribution in [0.1, 0.15) is 22.3 Å². The highest BCUT2D eigenvalue weighted by Crippen LogP contribution is 2.63. The van der Waals surface area contributed by atoms with Gasteiger partial charge < -0.3 is 4.90 Å². The minimum Gasteiger partial charge on any atom is -0.309 e. The Labute approximate surface area is 303 Å². The zero-order valence-corrected chi connectivity index (χ0v) is 28.5. The Hall–Kier alpha value is -6.70. The summed E-state index contributed by atoms with van der Waals surface area (Å²) in [4.78, 5) is 2.49. The number of para-hydroxylation sites is 1. The lowest BCUT2D eigenvalue weighted by Gasteiger charge is -2.40. The Morgan fingerprint density at radius 1 is 0.365 bits per heavy atom. The molecule has 1 heteroatoms. The molecule has 11 rings (SSSR count). The zero-order chi connectivity index (χ0) is 34.2. The van der Waals surface area contributed by atoms with Gasteiger partial charge in [0.15, 0.2) is 0 Å². The van der Waals surface area contributed by atoms with Crippen LogP contribution in [0.2, 0.25) is 0 Å². The highest BCUT2D eigenvalue weighted by Gasteiger charge is 2.50. The molecule has 0 spiro atoms. The largest absolute Gasteiger partial charge is 0.309 e. The van der Waals surface area contributed by atoms with Crippen molar-refractivity contribution >= 4 is 38.6 Å². The van der Waals surface area contributed by atoms with Crippen LogP contribution in [0.25, 0.3) is 54.9 Å². The molecule has 52 heavy (non-hydrogen) atoms. The van der Waals surface area contributed by atoms with Crippen molar-refractivity contribution < 1.29 is 0 Å². The van der Waals surface area contributed by atoms with E-state index in [1.54, 1.807) is 0 Å². The number of nitrogens with zero attached hydrogens (tertiary/aromatic N) is 1. The van der Waals surface area contributed by atoms with Gasteiger partial charge >= 0.3 is 0 Å². The smallest absolute Gasteiger partial charge is 0.0726 e. The SMILES string of the molecule is c1ccc(-c2ccccc2N(c2ccc3c(c2)C2(c4ccccc4)c4ccccc4-c4cccc5ccc-3c2c45)c2cccc3ccccc23)cc1. The second-order valence-corrected chi connectivity index (χ2v) is 14.0. The minimum atomic E-state index is -0.490. The van der Waals surface area contributed by atoms with E-state index in [0.717, 1.165) is 17.1 Å². The molecule has 0 aromatic heterocycles. The predicted octanol–water partition coefficient (Wildman–Crippen LogP) is 13.5. The summed E-state index contributed by atoms with van der Waals surface area (Å²) in [7, 11) is 0. The first kappa shape index (κ1) is 29.1. The lowest BCUT2D eigenvalue weighted by atomic mass is 9.62. The molecule has 1 unspecified atom stereocenters. The third kappa shape index (κ3) is 3.94. The third-order valence-electron chi connectivity index (χ3n) is 11.4. The summed E-state index contributed by atoms with van der Waals surface area (Å²) in [5, 5.41) is 5.08. The summed E-state index contributed by atoms with van der Waals surface area (Å²) in [5.41, 5.74) is 15.9. The van der Waals surface area contributed by atoms with Gasteiger partial charge in [-0.05, 0) is 90.5 Å². The van der Waals surface area contributed by atoms with Crippen molar-refractivity contribution in [3.8, 4) is 33.4 Å². The van der Waals surface area contributed by atoms with Crippen LogP contribution in [-0.4, -0.2) is 0 Å². The van der Waals surface area contributed by atoms with Gasteiger partial charge in [0, 0.05) is 16.6 Å². The van der Waals surface area contributed by atoms with Gasteiger partial charge in [-0.2, -0.15) is 0 Å². The second-order valence-electron chi connectivity index (χ2n) is 14.0. The van der Waals surface area contributed by atoms with Crippen LogP contribution < -0.4 is 4.90 Å². The Morgan fingerprint density at radius 3 is 1.87 bits per heavy atom. The van der Waals surface area contributed by atoms with E-state index in [2.05, 4.69) is 205 Å². The first-order chi connectivity index (χ1) is 25.8. The fraction of sp³-hybridized carbons (Fsp3) is 0.0196. The topological polar surface area (TPSA) is 3.24 Å². The minimum absolute atomic E-state index is 0.490. The van der Waals surface area contributed by atoms with Crippen molar-refractivity contribution in [1.29, 1.82) is 0 Å². The lowest BCUT2D eigenvalue weighted by Crippen LogP contribution is -2.31. The zero-order valence-electron chi connectivity index (χ0n) is 28.5. The van der Waals surface area contributed by atoms with Crippen LogP contribution in [0.15, 0.2) is 200 Å². The van der Waals surface area contributed by atoms with Gasteiger partial charge in [-0.25, -0.2) is 0 Å². The Bertz CT molecular complexity index is 2850. The molecule has 0 radical (unpaired) electrons. The standard InChI is InChI=1S/C51H33N/c1-3-15-34(16-4-1)39-23-10-12-27-47(39)52(48-28-14-18-35-17-7-8-22-40(35)48)38-30-32-42-44-31-29-36-19-13-25-43-41-24-9-11-26-45(41)51(46(42)33-38,50(44)49(36)43)37-20-5-2-6-21-37/h1-33H. The fourth-order valence-electron chi connectivity index (χ4n) is 9.38. The maximum atomic E-state index is 2.50. The number of benzene rings is 9. The molecule has 0 N–H and O–H groups in total. The highest BCUT2D eigenvalue weighted by atomic mass is 15.1. The Morgan fingerprint density at radius 2 is 0.981 bits per heavy atom. The van der Waals surface area contributed by atoms with Crippen LogP contribution >= 0.6 is 0 Å². The quantitative estimate of drug-likeness (QED) is 0.178. The third-order valence-corrected chi connectivity index (χ3v) is 11.4. The molecule has 242 valence electrons. The van der Waals surface area contributed by atoms with Crippen LogP contribution in [0, 0.1) is 0 Å². The van der Waals surface area contributed by atoms with E-state index in [4.69, 9.17) is 0 Å². The van der Waals surface area contributed by atoms with Gasteiger partial charge in [-0.15, -0.1) is 0 Å². The number of fused-ring (bicyclic) bond motifs is 7. The average molecular weight is 660 g/mol. The lowest BCUT2D eigenvalue weighted by molar-refractivity contribution is 0.773. The van der Waals surface area contributed by atoms with E-state index in [9.17, 15) is 0 Å². The van der Waals surface area contributed by atoms with Gasteiger partial charge in [0.1, 0.15) is 0 Å². The molecule has 1 nitrogen and oxygen atoms in total. The molecule has 0 aliphatic heterocycles. The molecular weight excluding hydrogens is 627 g/mol. The van der Waals surface area contributed by atoms with Crippen molar-refractivity contribution in [2.75, 3.05) is 4.90 Å². The van der Waals surface area contributed by atoms with E-state index < -0.39 is 5.41 Å². The number of rotatable bonds is 5. The molecule has 9 aromatic carbocycles. The second kappa shape index (κ2) is 11.2. The highest BCUT2D eigenvalue weighted by molar-refractivity contribution is 6.11. The number of anilines is 3. The molecule has 2 aliphatic carbocycles. The number of hydrogen-bond donors (Lipinski definition) is 0. The summed E-state index contributed by atoms with van der Waals surface area (Å²) >= 11 is 0. The van der Waals surface area contributed by atoms with Crippen molar-refractivity contribution in [3.63, 3.8) is 0 Å². The summed E-state index contributed by atoms with van der Waals surface area (Å²) in [5.74, 6) is 0. The van der Waals surface area contributed by atoms with Crippen LogP contribution in [0.3, 0.4) is 0 Å². The number of hydrogen-bond acceptors (Lipinski definition) is 1. The van der Waals surface area contributed by atoms with Gasteiger partial charge in [0.2, 0.25) is 0 Å². The van der Waals surface area contributed by atoms with E-state index in [1.807, 2.05) is 0 Å². The Balaban J connectivity index is 1.26. The van der Waals surface area contributed by atoms with Crippen molar-refractivity contribution in [3.05, 3.63) is 222 Å². The summed E-state index contributed by atoms with van der Waals surface area (Å²) in [6.45, 7) is 0. The van der Waals surface area contributed by atoms with Gasteiger partial charge in [0.25, 0.3) is 0 Å². The van der Waals surface area contributed by atoms with Gasteiger partial charge in [0.05, 0.1) is 16.8 Å². The van der Waals surface area contributed by atoms with Crippen LogP contribution in [-0.2, 0) is 5.41 Å². The molecular formula is C51H33N. The normalized spacial score (nSPS) is 15.0. The summed E-state index contributed by atoms with van der Waals surface area (Å²) in [6.07, 6.45) is 0. The van der Waals surface area contributed by atoms with E-state index in [0.29, 0.717) is 0 Å². The van der Waals surface area contributed by atoms with E-state index >= 15 is 0 Å². The molecule has 0 amide bonds. The van der Waals surface area contributed by atoms with Crippen LogP contribution in [0.5, 0.6) is 0 Å². The van der Waals surface area contributed by atoms with Gasteiger partial charge in [-0.3, -0.25) is 0 Å².